The van der Waals surface area contributed by atoms with Crippen molar-refractivity contribution in [3.63, 3.8) is 0 Å². The number of sulfone groups is 1. The lowest BCUT2D eigenvalue weighted by atomic mass is 9.88. The van der Waals surface area contributed by atoms with Crippen LogP contribution < -0.4 is 16.4 Å². The number of anilines is 1. The highest BCUT2D eigenvalue weighted by atomic mass is 32.2. The number of carbonyl (C=O) groups excluding carboxylic acids is 1. The maximum absolute atomic E-state index is 12.1. The summed E-state index contributed by atoms with van der Waals surface area (Å²) in [6, 6.07) is 5.90. The predicted octanol–water partition coefficient (Wildman–Crippen LogP) is 1.77. The fourth-order valence-corrected chi connectivity index (χ4v) is 2.87. The van der Waals surface area contributed by atoms with E-state index in [1.807, 2.05) is 27.7 Å². The maximum atomic E-state index is 12.1. The van der Waals surface area contributed by atoms with Gasteiger partial charge >= 0.3 is 0 Å². The minimum absolute atomic E-state index is 0.000392. The third-order valence-corrected chi connectivity index (χ3v) is 4.58. The first-order valence-corrected chi connectivity index (χ1v) is 9.87. The molecule has 0 bridgehead atoms. The number of hydrogen-bond acceptors (Lipinski definition) is 5. The highest BCUT2D eigenvalue weighted by Gasteiger charge is 2.22. The molecule has 2 atom stereocenters. The van der Waals surface area contributed by atoms with Crippen LogP contribution in [0.2, 0.25) is 0 Å². The molecule has 0 aliphatic carbocycles. The third kappa shape index (κ3) is 7.31. The van der Waals surface area contributed by atoms with Gasteiger partial charge in [0.05, 0.1) is 10.9 Å². The van der Waals surface area contributed by atoms with E-state index in [1.54, 1.807) is 24.3 Å². The van der Waals surface area contributed by atoms with E-state index in [0.29, 0.717) is 13.0 Å². The molecule has 0 unspecified atom stereocenters. The highest BCUT2D eigenvalue weighted by Crippen LogP contribution is 2.20. The molecule has 0 saturated heterocycles. The van der Waals surface area contributed by atoms with E-state index in [1.165, 1.54) is 6.26 Å². The summed E-state index contributed by atoms with van der Waals surface area (Å²) in [6.45, 7) is 8.55. The molecular formula is C17H29N3O3S. The van der Waals surface area contributed by atoms with Crippen LogP contribution in [0.3, 0.4) is 0 Å². The van der Waals surface area contributed by atoms with Crippen LogP contribution in [0.5, 0.6) is 0 Å². The monoisotopic (exact) mass is 355 g/mol. The van der Waals surface area contributed by atoms with Crippen LogP contribution in [0.1, 0.15) is 34.1 Å². The molecule has 0 aliphatic rings. The lowest BCUT2D eigenvalue weighted by Gasteiger charge is -2.24. The molecule has 7 heteroatoms. The minimum atomic E-state index is -3.19. The minimum Gasteiger partial charge on any atom is -0.383 e. The number of hydrogen-bond donors (Lipinski definition) is 3. The molecule has 1 aromatic carbocycles. The zero-order valence-electron chi connectivity index (χ0n) is 15.1. The van der Waals surface area contributed by atoms with Gasteiger partial charge in [0.25, 0.3) is 0 Å². The van der Waals surface area contributed by atoms with Crippen LogP contribution in [0, 0.1) is 5.41 Å². The second-order valence-electron chi connectivity index (χ2n) is 7.46. The van der Waals surface area contributed by atoms with Gasteiger partial charge < -0.3 is 16.4 Å². The number of nitrogens with two attached hydrogens (primary N) is 1. The number of carbonyl (C=O) groups is 1. The molecule has 0 heterocycles. The lowest BCUT2D eigenvalue weighted by molar-refractivity contribution is -0.123. The summed E-state index contributed by atoms with van der Waals surface area (Å²) < 4.78 is 22.8. The van der Waals surface area contributed by atoms with E-state index in [0.717, 1.165) is 5.69 Å². The maximum Gasteiger partial charge on any atom is 0.237 e. The second kappa shape index (κ2) is 7.98. The van der Waals surface area contributed by atoms with Gasteiger partial charge in [-0.15, -0.1) is 0 Å². The average molecular weight is 356 g/mol. The SMILES string of the molecule is C[C@@H](CNc1ccc(S(C)(=O)=O)cc1)NC(=O)[C@@H](N)CC(C)(C)C. The third-order valence-electron chi connectivity index (χ3n) is 3.45. The van der Waals surface area contributed by atoms with Gasteiger partial charge in [-0.25, -0.2) is 8.42 Å². The largest absolute Gasteiger partial charge is 0.383 e. The van der Waals surface area contributed by atoms with Crippen LogP contribution in [0.4, 0.5) is 5.69 Å². The first kappa shape index (κ1) is 20.4. The summed E-state index contributed by atoms with van der Waals surface area (Å²) in [6.07, 6.45) is 1.79. The van der Waals surface area contributed by atoms with Gasteiger partial charge in [0.2, 0.25) is 5.91 Å². The quantitative estimate of drug-likeness (QED) is 0.692. The van der Waals surface area contributed by atoms with E-state index >= 15 is 0 Å². The molecule has 24 heavy (non-hydrogen) atoms. The van der Waals surface area contributed by atoms with E-state index in [-0.39, 0.29) is 22.3 Å². The molecule has 0 saturated carbocycles. The van der Waals surface area contributed by atoms with Crippen LogP contribution in [-0.4, -0.2) is 39.2 Å². The summed E-state index contributed by atoms with van der Waals surface area (Å²) in [7, 11) is -3.19. The lowest BCUT2D eigenvalue weighted by Crippen LogP contribution is -2.47. The van der Waals surface area contributed by atoms with Crippen LogP contribution in [0.25, 0.3) is 0 Å². The van der Waals surface area contributed by atoms with Crippen LogP contribution in [-0.2, 0) is 14.6 Å². The van der Waals surface area contributed by atoms with Crippen molar-refractivity contribution < 1.29 is 13.2 Å². The van der Waals surface area contributed by atoms with Crippen molar-refractivity contribution in [3.8, 4) is 0 Å². The van der Waals surface area contributed by atoms with Gasteiger partial charge in [-0.1, -0.05) is 20.8 Å². The van der Waals surface area contributed by atoms with E-state index in [4.69, 9.17) is 5.73 Å². The second-order valence-corrected chi connectivity index (χ2v) is 9.47. The van der Waals surface area contributed by atoms with Crippen molar-refractivity contribution in [1.29, 1.82) is 0 Å². The van der Waals surface area contributed by atoms with E-state index in [2.05, 4.69) is 10.6 Å². The van der Waals surface area contributed by atoms with Gasteiger partial charge in [-0.05, 0) is 43.0 Å². The van der Waals surface area contributed by atoms with Crippen molar-refractivity contribution in [2.24, 2.45) is 11.1 Å². The number of rotatable bonds is 7. The molecular weight excluding hydrogens is 326 g/mol. The van der Waals surface area contributed by atoms with Gasteiger partial charge in [0.1, 0.15) is 0 Å². The molecule has 1 amide bonds. The number of benzene rings is 1. The van der Waals surface area contributed by atoms with E-state index in [9.17, 15) is 13.2 Å². The molecule has 0 fully saturated rings. The van der Waals surface area contributed by atoms with Crippen molar-refractivity contribution >= 4 is 21.4 Å². The predicted molar refractivity (Wildman–Crippen MR) is 97.7 cm³/mol. The van der Waals surface area contributed by atoms with Crippen LogP contribution >= 0.6 is 0 Å². The Bertz CT molecular complexity index is 649. The van der Waals surface area contributed by atoms with Crippen molar-refractivity contribution in [3.05, 3.63) is 24.3 Å². The Labute approximate surface area is 145 Å². The van der Waals surface area contributed by atoms with Gasteiger partial charge in [-0.2, -0.15) is 0 Å². The normalized spacial score (nSPS) is 14.8. The van der Waals surface area contributed by atoms with E-state index < -0.39 is 15.9 Å². The first-order chi connectivity index (χ1) is 10.9. The Kier molecular flexibility index (Phi) is 6.80. The summed E-state index contributed by atoms with van der Waals surface area (Å²) >= 11 is 0. The fraction of sp³-hybridized carbons (Fsp3) is 0.588. The molecule has 0 radical (unpaired) electrons. The van der Waals surface area contributed by atoms with Gasteiger partial charge in [0.15, 0.2) is 9.84 Å². The summed E-state index contributed by atoms with van der Waals surface area (Å²) in [5.74, 6) is -0.161. The summed E-state index contributed by atoms with van der Waals surface area (Å²) in [5, 5.41) is 6.05. The Balaban J connectivity index is 2.49. The topological polar surface area (TPSA) is 101 Å². The van der Waals surface area contributed by atoms with Gasteiger partial charge in [-0.3, -0.25) is 4.79 Å². The Morgan fingerprint density at radius 3 is 2.21 bits per heavy atom. The standard InChI is InChI=1S/C17H29N3O3S/c1-12(20-16(21)15(18)10-17(2,3)4)11-19-13-6-8-14(9-7-13)24(5,22)23/h6-9,12,15,19H,10-11,18H2,1-5H3,(H,20,21)/t12-,15-/m0/s1. The van der Waals surface area contributed by atoms with Gasteiger partial charge in [0, 0.05) is 24.5 Å². The molecule has 0 aromatic heterocycles. The molecule has 6 nitrogen and oxygen atoms in total. The summed E-state index contributed by atoms with van der Waals surface area (Å²) in [5.41, 5.74) is 6.72. The fourth-order valence-electron chi connectivity index (χ4n) is 2.24. The zero-order valence-corrected chi connectivity index (χ0v) is 15.9. The van der Waals surface area contributed by atoms with Crippen molar-refractivity contribution in [2.45, 2.75) is 51.1 Å². The Morgan fingerprint density at radius 2 is 1.75 bits per heavy atom. The van der Waals surface area contributed by atoms with Crippen LogP contribution in [0.15, 0.2) is 29.2 Å². The highest BCUT2D eigenvalue weighted by molar-refractivity contribution is 7.90. The summed E-state index contributed by atoms with van der Waals surface area (Å²) in [4.78, 5) is 12.3. The molecule has 1 aromatic rings. The number of amides is 1. The first-order valence-electron chi connectivity index (χ1n) is 7.98. The van der Waals surface area contributed by atoms with Crippen molar-refractivity contribution in [2.75, 3.05) is 18.1 Å². The zero-order chi connectivity index (χ0) is 18.5. The molecule has 136 valence electrons. The molecule has 0 spiro atoms. The smallest absolute Gasteiger partial charge is 0.237 e. The molecule has 4 N–H and O–H groups in total. The Morgan fingerprint density at radius 1 is 1.21 bits per heavy atom. The number of nitrogens with one attached hydrogen (secondary N) is 2. The molecule has 0 aliphatic heterocycles. The Hall–Kier alpha value is -1.60. The average Bonchev–Trinajstić information content (AvgIpc) is 2.42. The van der Waals surface area contributed by atoms with Crippen molar-refractivity contribution in [1.82, 2.24) is 5.32 Å². The molecule has 1 rings (SSSR count).